The molecule has 0 radical (unpaired) electrons. The van der Waals surface area contributed by atoms with E-state index in [1.165, 1.54) is 7.11 Å². The quantitative estimate of drug-likeness (QED) is 0.620. The minimum absolute atomic E-state index is 0.000945. The van der Waals surface area contributed by atoms with Crippen LogP contribution in [0, 0.1) is 5.92 Å². The van der Waals surface area contributed by atoms with Crippen molar-refractivity contribution in [3.05, 3.63) is 11.3 Å². The highest BCUT2D eigenvalue weighted by Crippen LogP contribution is 2.47. The zero-order chi connectivity index (χ0) is 19.3. The number of rotatable bonds is 5. The Bertz CT molecular complexity index is 739. The average molecular weight is 385 g/mol. The molecule has 1 unspecified atom stereocenters. The van der Waals surface area contributed by atoms with Gasteiger partial charge in [-0.05, 0) is 40.5 Å². The van der Waals surface area contributed by atoms with Crippen LogP contribution in [0.15, 0.2) is 0 Å². The second-order valence-electron chi connectivity index (χ2n) is 7.27. The van der Waals surface area contributed by atoms with Gasteiger partial charge in [0.25, 0.3) is 0 Å². The fourth-order valence-corrected chi connectivity index (χ4v) is 3.61. The Morgan fingerprint density at radius 2 is 2.08 bits per heavy atom. The number of methoxy groups -OCH3 is 1. The summed E-state index contributed by atoms with van der Waals surface area (Å²) < 4.78 is 11.7. The highest BCUT2D eigenvalue weighted by atomic mass is 35.5. The molecule has 1 aliphatic heterocycles. The van der Waals surface area contributed by atoms with E-state index in [9.17, 15) is 9.59 Å². The number of aromatic nitrogens is 2. The summed E-state index contributed by atoms with van der Waals surface area (Å²) in [5, 5.41) is 6.28. The molecule has 0 aromatic carbocycles. The molecule has 9 heteroatoms. The molecule has 1 fully saturated rings. The number of alkyl halides is 1. The number of hydrogen-bond donors (Lipinski definition) is 1. The summed E-state index contributed by atoms with van der Waals surface area (Å²) in [4.78, 5) is 26.6. The molecule has 1 atom stereocenters. The van der Waals surface area contributed by atoms with Crippen molar-refractivity contribution < 1.29 is 19.1 Å². The first kappa shape index (κ1) is 19.1. The largest absolute Gasteiger partial charge is 0.448 e. The van der Waals surface area contributed by atoms with Gasteiger partial charge in [0.05, 0.1) is 17.8 Å². The number of amides is 1. The van der Waals surface area contributed by atoms with E-state index in [2.05, 4.69) is 10.4 Å². The summed E-state index contributed by atoms with van der Waals surface area (Å²) in [6, 6.07) is 0. The number of fused-ring (bicyclic) bond motifs is 1. The molecule has 26 heavy (non-hydrogen) atoms. The normalized spacial score (nSPS) is 21.2. The number of halogens is 1. The number of nitrogens with one attached hydrogen (secondary N) is 1. The zero-order valence-corrected chi connectivity index (χ0v) is 16.5. The van der Waals surface area contributed by atoms with Crippen LogP contribution in [0.25, 0.3) is 0 Å². The molecule has 0 spiro atoms. The van der Waals surface area contributed by atoms with Gasteiger partial charge in [-0.2, -0.15) is 5.10 Å². The van der Waals surface area contributed by atoms with Crippen molar-refractivity contribution in [3.8, 4) is 0 Å². The third kappa shape index (κ3) is 3.10. The van der Waals surface area contributed by atoms with Crippen molar-refractivity contribution in [1.82, 2.24) is 14.7 Å². The first-order chi connectivity index (χ1) is 12.1. The van der Waals surface area contributed by atoms with Gasteiger partial charge in [-0.1, -0.05) is 11.6 Å². The number of ether oxygens (including phenoxy) is 2. The monoisotopic (exact) mass is 384 g/mol. The van der Waals surface area contributed by atoms with Gasteiger partial charge in [0.1, 0.15) is 5.82 Å². The number of nitrogens with zero attached hydrogens (tertiary/aromatic N) is 3. The van der Waals surface area contributed by atoms with Crippen molar-refractivity contribution in [2.45, 2.75) is 57.8 Å². The van der Waals surface area contributed by atoms with Gasteiger partial charge in [0.2, 0.25) is 5.91 Å². The summed E-state index contributed by atoms with van der Waals surface area (Å²) in [6.45, 7) is 7.99. The summed E-state index contributed by atoms with van der Waals surface area (Å²) in [5.74, 6) is 0.253. The van der Waals surface area contributed by atoms with Crippen LogP contribution < -0.4 is 5.32 Å². The predicted molar refractivity (Wildman–Crippen MR) is 95.8 cm³/mol. The Balaban J connectivity index is 2.03. The number of anilines is 1. The lowest BCUT2D eigenvalue weighted by Crippen LogP contribution is -2.49. The Kier molecular flexibility index (Phi) is 4.79. The van der Waals surface area contributed by atoms with Gasteiger partial charge in [-0.15, -0.1) is 4.68 Å². The van der Waals surface area contributed by atoms with Gasteiger partial charge in [-0.3, -0.25) is 4.79 Å². The minimum atomic E-state index is -1.05. The highest BCUT2D eigenvalue weighted by molar-refractivity contribution is 6.22. The highest BCUT2D eigenvalue weighted by Gasteiger charge is 2.50. The average Bonchev–Trinajstić information content (AvgIpc) is 3.30. The molecule has 1 aliphatic carbocycles. The zero-order valence-electron chi connectivity index (χ0n) is 15.8. The molecule has 1 saturated carbocycles. The maximum absolute atomic E-state index is 12.3. The topological polar surface area (TPSA) is 85.7 Å². The lowest BCUT2D eigenvalue weighted by molar-refractivity contribution is -0.117. The van der Waals surface area contributed by atoms with Crippen LogP contribution >= 0.6 is 11.6 Å². The fraction of sp³-hybridized carbons (Fsp3) is 0.706. The number of carbonyl (C=O) groups excluding carboxylic acids is 2. The lowest BCUT2D eigenvalue weighted by atomic mass is 10.0. The molecule has 1 amide bonds. The van der Waals surface area contributed by atoms with E-state index in [4.69, 9.17) is 21.1 Å². The summed E-state index contributed by atoms with van der Waals surface area (Å²) in [5.41, 5.74) is 0.820. The third-order valence-electron chi connectivity index (χ3n) is 5.04. The Hall–Kier alpha value is -1.64. The van der Waals surface area contributed by atoms with E-state index in [1.807, 2.05) is 18.7 Å². The second-order valence-corrected chi connectivity index (χ2v) is 7.97. The SMILES string of the molecule is CCOC(=O)n1nc2c(c1NC(=O)C1CC1)CN(C(C)(Cl)OC)C2(C)C. The molecular formula is C17H25ClN4O4. The molecule has 1 N–H and O–H groups in total. The van der Waals surface area contributed by atoms with Crippen molar-refractivity contribution in [1.29, 1.82) is 0 Å². The van der Waals surface area contributed by atoms with Crippen molar-refractivity contribution in [2.75, 3.05) is 19.0 Å². The van der Waals surface area contributed by atoms with Gasteiger partial charge in [0, 0.05) is 25.1 Å². The van der Waals surface area contributed by atoms with E-state index in [0.29, 0.717) is 18.1 Å². The summed E-state index contributed by atoms with van der Waals surface area (Å²) >= 11 is 6.52. The third-order valence-corrected chi connectivity index (χ3v) is 5.40. The van der Waals surface area contributed by atoms with E-state index in [1.54, 1.807) is 13.8 Å². The molecule has 8 nitrogen and oxygen atoms in total. The fourth-order valence-electron chi connectivity index (χ4n) is 3.34. The van der Waals surface area contributed by atoms with Gasteiger partial charge >= 0.3 is 6.09 Å². The van der Waals surface area contributed by atoms with Crippen LogP contribution in [-0.4, -0.2) is 45.6 Å². The predicted octanol–water partition coefficient (Wildman–Crippen LogP) is 2.85. The lowest BCUT2D eigenvalue weighted by Gasteiger charge is -2.40. The molecule has 2 heterocycles. The van der Waals surface area contributed by atoms with E-state index in [-0.39, 0.29) is 18.4 Å². The van der Waals surface area contributed by atoms with Gasteiger partial charge in [0.15, 0.2) is 5.18 Å². The van der Waals surface area contributed by atoms with Crippen LogP contribution in [0.1, 0.15) is 51.8 Å². The van der Waals surface area contributed by atoms with Crippen LogP contribution in [0.4, 0.5) is 10.6 Å². The van der Waals surface area contributed by atoms with Crippen molar-refractivity contribution in [3.63, 3.8) is 0 Å². The van der Waals surface area contributed by atoms with Crippen LogP contribution in [0.3, 0.4) is 0 Å². The maximum atomic E-state index is 12.3. The van der Waals surface area contributed by atoms with Gasteiger partial charge < -0.3 is 14.8 Å². The Labute approximate surface area is 157 Å². The Morgan fingerprint density at radius 3 is 2.62 bits per heavy atom. The molecular weight excluding hydrogens is 360 g/mol. The molecule has 0 bridgehead atoms. The minimum Gasteiger partial charge on any atom is -0.448 e. The molecule has 3 rings (SSSR count). The summed E-state index contributed by atoms with van der Waals surface area (Å²) in [7, 11) is 1.54. The second kappa shape index (κ2) is 6.51. The van der Waals surface area contributed by atoms with Crippen LogP contribution in [0.2, 0.25) is 0 Å². The maximum Gasteiger partial charge on any atom is 0.436 e. The molecule has 2 aliphatic rings. The van der Waals surface area contributed by atoms with Crippen LogP contribution in [-0.2, 0) is 26.4 Å². The van der Waals surface area contributed by atoms with Crippen LogP contribution in [0.5, 0.6) is 0 Å². The molecule has 1 aromatic rings. The number of hydrogen-bond acceptors (Lipinski definition) is 6. The molecule has 1 aromatic heterocycles. The van der Waals surface area contributed by atoms with E-state index < -0.39 is 16.8 Å². The first-order valence-corrected chi connectivity index (χ1v) is 9.13. The van der Waals surface area contributed by atoms with E-state index >= 15 is 0 Å². The smallest absolute Gasteiger partial charge is 0.436 e. The first-order valence-electron chi connectivity index (χ1n) is 8.75. The molecule has 144 valence electrons. The number of carbonyl (C=O) groups is 2. The standard InChI is InChI=1S/C17H25ClN4O4/c1-6-26-15(24)22-13(19-14(23)10-7-8-10)11-9-21(17(4,18)25-5)16(2,3)12(11)20-22/h10H,6-9H2,1-5H3,(H,19,23). The van der Waals surface area contributed by atoms with Gasteiger partial charge in [-0.25, -0.2) is 9.69 Å². The summed E-state index contributed by atoms with van der Waals surface area (Å²) in [6.07, 6.45) is 1.11. The van der Waals surface area contributed by atoms with Crippen molar-refractivity contribution in [2.24, 2.45) is 5.92 Å². The van der Waals surface area contributed by atoms with Crippen molar-refractivity contribution >= 4 is 29.4 Å². The Morgan fingerprint density at radius 1 is 1.42 bits per heavy atom. The molecule has 0 saturated heterocycles. The van der Waals surface area contributed by atoms with E-state index in [0.717, 1.165) is 23.1 Å².